The van der Waals surface area contributed by atoms with Crippen LogP contribution >= 0.6 is 11.6 Å². The molecular weight excluding hydrogens is 222 g/mol. The number of hydrogen-bond donors (Lipinski definition) is 2. The maximum atomic E-state index is 9.93. The first-order valence-electron chi connectivity index (χ1n) is 5.57. The molecule has 0 spiro atoms. The molecule has 0 bridgehead atoms. The zero-order valence-electron chi connectivity index (χ0n) is 10.1. The Morgan fingerprint density at radius 3 is 2.31 bits per heavy atom. The molecule has 0 fully saturated rings. The Hall–Kier alpha value is -0.570. The Kier molecular flexibility index (Phi) is 4.78. The summed E-state index contributed by atoms with van der Waals surface area (Å²) < 4.78 is 0. The van der Waals surface area contributed by atoms with Crippen molar-refractivity contribution in [3.63, 3.8) is 0 Å². The first kappa shape index (κ1) is 13.5. The van der Waals surface area contributed by atoms with E-state index in [9.17, 15) is 5.11 Å². The van der Waals surface area contributed by atoms with Gasteiger partial charge < -0.3 is 10.4 Å². The molecule has 0 saturated heterocycles. The van der Waals surface area contributed by atoms with Gasteiger partial charge >= 0.3 is 0 Å². The van der Waals surface area contributed by atoms with Gasteiger partial charge in [-0.3, -0.25) is 0 Å². The van der Waals surface area contributed by atoms with Gasteiger partial charge in [-0.25, -0.2) is 0 Å². The molecule has 3 heteroatoms. The van der Waals surface area contributed by atoms with Crippen molar-refractivity contribution in [3.8, 4) is 0 Å². The van der Waals surface area contributed by atoms with E-state index in [-0.39, 0.29) is 5.54 Å². The molecule has 1 rings (SSSR count). The Morgan fingerprint density at radius 1 is 1.25 bits per heavy atom. The third-order valence-electron chi connectivity index (χ3n) is 2.33. The minimum absolute atomic E-state index is 0.0969. The minimum atomic E-state index is -0.424. The van der Waals surface area contributed by atoms with Gasteiger partial charge in [0.15, 0.2) is 0 Å². The third-order valence-corrected chi connectivity index (χ3v) is 2.58. The molecule has 0 aliphatic heterocycles. The fraction of sp³-hybridized carbons (Fsp3) is 0.538. The first-order chi connectivity index (χ1) is 7.38. The normalized spacial score (nSPS) is 13.8. The van der Waals surface area contributed by atoms with E-state index in [4.69, 9.17) is 11.6 Å². The van der Waals surface area contributed by atoms with Crippen LogP contribution in [0.4, 0.5) is 0 Å². The van der Waals surface area contributed by atoms with E-state index in [0.29, 0.717) is 11.4 Å². The summed E-state index contributed by atoms with van der Waals surface area (Å²) in [5.41, 5.74) is 1.01. The van der Waals surface area contributed by atoms with Gasteiger partial charge in [0.1, 0.15) is 0 Å². The largest absolute Gasteiger partial charge is 0.388 e. The van der Waals surface area contributed by atoms with Gasteiger partial charge in [0.05, 0.1) is 6.10 Å². The van der Waals surface area contributed by atoms with Crippen LogP contribution in [0.2, 0.25) is 5.02 Å². The van der Waals surface area contributed by atoms with Crippen molar-refractivity contribution < 1.29 is 5.11 Å². The van der Waals surface area contributed by atoms with E-state index in [1.807, 2.05) is 12.1 Å². The molecule has 1 aromatic carbocycles. The number of halogens is 1. The summed E-state index contributed by atoms with van der Waals surface area (Å²) in [6, 6.07) is 7.34. The highest BCUT2D eigenvalue weighted by Crippen LogP contribution is 2.18. The Labute approximate surface area is 103 Å². The summed E-state index contributed by atoms with van der Waals surface area (Å²) in [6.07, 6.45) is 0.283. The maximum absolute atomic E-state index is 9.93. The number of nitrogens with one attached hydrogen (secondary N) is 1. The number of rotatable bonds is 4. The fourth-order valence-corrected chi connectivity index (χ4v) is 1.56. The van der Waals surface area contributed by atoms with Gasteiger partial charge in [0, 0.05) is 10.6 Å². The van der Waals surface area contributed by atoms with E-state index < -0.39 is 6.10 Å². The van der Waals surface area contributed by atoms with Crippen molar-refractivity contribution in [3.05, 3.63) is 34.9 Å². The van der Waals surface area contributed by atoms with Gasteiger partial charge in [-0.2, -0.15) is 0 Å². The molecule has 0 saturated carbocycles. The lowest BCUT2D eigenvalue weighted by Gasteiger charge is -2.21. The Balaban J connectivity index is 2.41. The molecule has 0 aromatic heterocycles. The smallest absolute Gasteiger partial charge is 0.0802 e. The molecule has 1 atom stereocenters. The summed E-state index contributed by atoms with van der Waals surface area (Å²) in [7, 11) is 0. The van der Waals surface area contributed by atoms with Gasteiger partial charge in [-0.1, -0.05) is 23.7 Å². The molecule has 0 aliphatic carbocycles. The van der Waals surface area contributed by atoms with Crippen LogP contribution in [0.25, 0.3) is 0 Å². The van der Waals surface area contributed by atoms with Gasteiger partial charge in [0.2, 0.25) is 0 Å². The van der Waals surface area contributed by atoms with Crippen LogP contribution in [0, 0.1) is 0 Å². The highest BCUT2D eigenvalue weighted by molar-refractivity contribution is 6.30. The molecule has 2 nitrogen and oxygen atoms in total. The predicted octanol–water partition coefficient (Wildman–Crippen LogP) is 3.15. The van der Waals surface area contributed by atoms with Crippen LogP contribution in [-0.4, -0.2) is 17.2 Å². The molecule has 90 valence electrons. The van der Waals surface area contributed by atoms with Crippen LogP contribution in [-0.2, 0) is 0 Å². The van der Waals surface area contributed by atoms with Crippen LogP contribution in [0.5, 0.6) is 0 Å². The van der Waals surface area contributed by atoms with E-state index >= 15 is 0 Å². The van der Waals surface area contributed by atoms with E-state index in [1.54, 1.807) is 12.1 Å². The molecule has 2 N–H and O–H groups in total. The summed E-state index contributed by atoms with van der Waals surface area (Å²) >= 11 is 5.79. The van der Waals surface area contributed by atoms with E-state index in [0.717, 1.165) is 12.1 Å². The van der Waals surface area contributed by atoms with Crippen molar-refractivity contribution in [2.75, 3.05) is 6.54 Å². The van der Waals surface area contributed by atoms with Gasteiger partial charge in [-0.05, 0) is 51.4 Å². The average molecular weight is 242 g/mol. The van der Waals surface area contributed by atoms with Crippen LogP contribution in [0.3, 0.4) is 0 Å². The standard InChI is InChI=1S/C13H20ClNO/c1-13(2,3)15-9-8-12(16)10-4-6-11(14)7-5-10/h4-7,12,15-16H,8-9H2,1-3H3. The zero-order valence-corrected chi connectivity index (χ0v) is 10.9. The highest BCUT2D eigenvalue weighted by Gasteiger charge is 2.11. The van der Waals surface area contributed by atoms with E-state index in [1.165, 1.54) is 0 Å². The topological polar surface area (TPSA) is 32.3 Å². The summed E-state index contributed by atoms with van der Waals surface area (Å²) in [6.45, 7) is 7.14. The van der Waals surface area contributed by atoms with Gasteiger partial charge in [0.25, 0.3) is 0 Å². The van der Waals surface area contributed by atoms with Crippen molar-refractivity contribution in [2.24, 2.45) is 0 Å². The van der Waals surface area contributed by atoms with E-state index in [2.05, 4.69) is 26.1 Å². The molecular formula is C13H20ClNO. The molecule has 0 radical (unpaired) electrons. The second-order valence-electron chi connectivity index (χ2n) is 5.03. The quantitative estimate of drug-likeness (QED) is 0.849. The lowest BCUT2D eigenvalue weighted by atomic mass is 10.1. The van der Waals surface area contributed by atoms with Gasteiger partial charge in [-0.15, -0.1) is 0 Å². The number of hydrogen-bond acceptors (Lipinski definition) is 2. The monoisotopic (exact) mass is 241 g/mol. The number of benzene rings is 1. The third kappa shape index (κ3) is 4.97. The summed E-state index contributed by atoms with van der Waals surface area (Å²) in [5, 5.41) is 14.0. The van der Waals surface area contributed by atoms with Crippen LogP contribution in [0.15, 0.2) is 24.3 Å². The number of aliphatic hydroxyl groups is 1. The first-order valence-corrected chi connectivity index (χ1v) is 5.95. The lowest BCUT2D eigenvalue weighted by molar-refractivity contribution is 0.163. The van der Waals surface area contributed by atoms with Crippen molar-refractivity contribution in [2.45, 2.75) is 38.8 Å². The fourth-order valence-electron chi connectivity index (χ4n) is 1.44. The minimum Gasteiger partial charge on any atom is -0.388 e. The molecule has 0 amide bonds. The molecule has 1 aromatic rings. The predicted molar refractivity (Wildman–Crippen MR) is 68.8 cm³/mol. The van der Waals surface area contributed by atoms with Crippen LogP contribution < -0.4 is 5.32 Å². The second kappa shape index (κ2) is 5.67. The Morgan fingerprint density at radius 2 is 1.81 bits per heavy atom. The zero-order chi connectivity index (χ0) is 12.2. The number of aliphatic hydroxyl groups excluding tert-OH is 1. The van der Waals surface area contributed by atoms with Crippen molar-refractivity contribution in [1.82, 2.24) is 5.32 Å². The summed E-state index contributed by atoms with van der Waals surface area (Å²) in [5.74, 6) is 0. The lowest BCUT2D eigenvalue weighted by Crippen LogP contribution is -2.36. The Bertz CT molecular complexity index is 316. The second-order valence-corrected chi connectivity index (χ2v) is 5.47. The SMILES string of the molecule is CC(C)(C)NCCC(O)c1ccc(Cl)cc1. The molecule has 0 heterocycles. The molecule has 16 heavy (non-hydrogen) atoms. The van der Waals surface area contributed by atoms with Crippen molar-refractivity contribution in [1.29, 1.82) is 0 Å². The highest BCUT2D eigenvalue weighted by atomic mass is 35.5. The maximum Gasteiger partial charge on any atom is 0.0802 e. The molecule has 1 unspecified atom stereocenters. The average Bonchev–Trinajstić information content (AvgIpc) is 2.16. The van der Waals surface area contributed by atoms with Crippen molar-refractivity contribution >= 4 is 11.6 Å². The summed E-state index contributed by atoms with van der Waals surface area (Å²) in [4.78, 5) is 0. The molecule has 0 aliphatic rings. The van der Waals surface area contributed by atoms with Crippen LogP contribution in [0.1, 0.15) is 38.9 Å².